The van der Waals surface area contributed by atoms with Gasteiger partial charge in [-0.3, -0.25) is 9.79 Å². The van der Waals surface area contributed by atoms with Gasteiger partial charge in [-0.1, -0.05) is 26.0 Å². The molecule has 0 saturated heterocycles. The Balaban J connectivity index is 1.92. The highest BCUT2D eigenvalue weighted by molar-refractivity contribution is 5.94. The molecule has 1 saturated carbocycles. The SMILES string of the molecule is CCOC1CC(NC(=NC)NCc2cccc(C(=O)NCCN(C)C)c2)C1(CC)CC. The second-order valence-corrected chi connectivity index (χ2v) is 8.50. The summed E-state index contributed by atoms with van der Waals surface area (Å²) in [6, 6.07) is 8.07. The van der Waals surface area contributed by atoms with Crippen LogP contribution in [0.2, 0.25) is 0 Å². The summed E-state index contributed by atoms with van der Waals surface area (Å²) in [4.78, 5) is 18.8. The van der Waals surface area contributed by atoms with Gasteiger partial charge in [0.25, 0.3) is 5.91 Å². The zero-order valence-corrected chi connectivity index (χ0v) is 20.1. The fourth-order valence-corrected chi connectivity index (χ4v) is 4.45. The highest BCUT2D eigenvalue weighted by atomic mass is 16.5. The Morgan fingerprint density at radius 1 is 1.23 bits per heavy atom. The standard InChI is InChI=1S/C24H41N5O2/c1-7-24(8-2)20(16-21(24)31-9-3)28-23(25-4)27-17-18-11-10-12-19(15-18)22(30)26-13-14-29(5)6/h10-12,15,20-21H,7-9,13-14,16-17H2,1-6H3,(H,26,30)(H2,25,27,28). The van der Waals surface area contributed by atoms with E-state index in [0.29, 0.717) is 30.8 Å². The molecule has 2 rings (SSSR count). The van der Waals surface area contributed by atoms with E-state index < -0.39 is 0 Å². The number of guanidine groups is 1. The number of carbonyl (C=O) groups is 1. The summed E-state index contributed by atoms with van der Waals surface area (Å²) >= 11 is 0. The minimum absolute atomic E-state index is 0.0432. The summed E-state index contributed by atoms with van der Waals surface area (Å²) in [7, 11) is 5.78. The maximum absolute atomic E-state index is 12.4. The first-order valence-electron chi connectivity index (χ1n) is 11.5. The third-order valence-electron chi connectivity index (χ3n) is 6.50. The van der Waals surface area contributed by atoms with E-state index in [0.717, 1.165) is 43.9 Å². The van der Waals surface area contributed by atoms with E-state index in [4.69, 9.17) is 4.74 Å². The maximum Gasteiger partial charge on any atom is 0.251 e. The minimum atomic E-state index is -0.0432. The van der Waals surface area contributed by atoms with E-state index in [2.05, 4.69) is 41.7 Å². The van der Waals surface area contributed by atoms with Crippen LogP contribution in [0.3, 0.4) is 0 Å². The number of amides is 1. The van der Waals surface area contributed by atoms with Crippen LogP contribution in [0.1, 0.15) is 56.0 Å². The lowest BCUT2D eigenvalue weighted by molar-refractivity contribution is -0.133. The van der Waals surface area contributed by atoms with Gasteiger partial charge in [0.15, 0.2) is 5.96 Å². The van der Waals surface area contributed by atoms with Crippen LogP contribution < -0.4 is 16.0 Å². The van der Waals surface area contributed by atoms with Crippen LogP contribution in [-0.4, -0.2) is 69.8 Å². The van der Waals surface area contributed by atoms with Gasteiger partial charge in [-0.2, -0.15) is 0 Å². The normalized spacial score (nSPS) is 20.3. The molecule has 3 N–H and O–H groups in total. The molecule has 0 heterocycles. The number of hydrogen-bond acceptors (Lipinski definition) is 4. The number of benzene rings is 1. The van der Waals surface area contributed by atoms with E-state index in [-0.39, 0.29) is 11.3 Å². The van der Waals surface area contributed by atoms with Crippen molar-refractivity contribution in [2.45, 2.75) is 58.7 Å². The third-order valence-corrected chi connectivity index (χ3v) is 6.50. The Labute approximate surface area is 188 Å². The van der Waals surface area contributed by atoms with Gasteiger partial charge in [0, 0.05) is 50.3 Å². The highest BCUT2D eigenvalue weighted by Crippen LogP contribution is 2.48. The molecule has 1 amide bonds. The average Bonchev–Trinajstić information content (AvgIpc) is 2.76. The monoisotopic (exact) mass is 431 g/mol. The lowest BCUT2D eigenvalue weighted by Gasteiger charge is -2.55. The van der Waals surface area contributed by atoms with Crippen molar-refractivity contribution >= 4 is 11.9 Å². The molecular weight excluding hydrogens is 390 g/mol. The zero-order chi connectivity index (χ0) is 22.9. The van der Waals surface area contributed by atoms with Crippen molar-refractivity contribution < 1.29 is 9.53 Å². The molecule has 1 aromatic rings. The Morgan fingerprint density at radius 2 is 1.97 bits per heavy atom. The van der Waals surface area contributed by atoms with E-state index in [1.165, 1.54) is 0 Å². The summed E-state index contributed by atoms with van der Waals surface area (Å²) in [5.41, 5.74) is 1.87. The number of nitrogens with one attached hydrogen (secondary N) is 3. The Morgan fingerprint density at radius 3 is 2.58 bits per heavy atom. The Hall–Kier alpha value is -2.12. The van der Waals surface area contributed by atoms with E-state index in [9.17, 15) is 4.79 Å². The van der Waals surface area contributed by atoms with Gasteiger partial charge >= 0.3 is 0 Å². The number of likely N-dealkylation sites (N-methyl/N-ethyl adjacent to an activating group) is 1. The van der Waals surface area contributed by atoms with Crippen molar-refractivity contribution in [2.75, 3.05) is 40.8 Å². The van der Waals surface area contributed by atoms with Gasteiger partial charge in [-0.15, -0.1) is 0 Å². The molecule has 2 unspecified atom stereocenters. The van der Waals surface area contributed by atoms with Crippen LogP contribution in [0.15, 0.2) is 29.3 Å². The maximum atomic E-state index is 12.4. The van der Waals surface area contributed by atoms with Gasteiger partial charge in [0.2, 0.25) is 0 Å². The van der Waals surface area contributed by atoms with Crippen molar-refractivity contribution in [3.63, 3.8) is 0 Å². The molecule has 1 fully saturated rings. The lowest BCUT2D eigenvalue weighted by Crippen LogP contribution is -2.65. The van der Waals surface area contributed by atoms with Crippen molar-refractivity contribution in [1.29, 1.82) is 0 Å². The quantitative estimate of drug-likeness (QED) is 0.371. The fourth-order valence-electron chi connectivity index (χ4n) is 4.45. The zero-order valence-electron chi connectivity index (χ0n) is 20.1. The second-order valence-electron chi connectivity index (χ2n) is 8.50. The van der Waals surface area contributed by atoms with Crippen LogP contribution in [0.5, 0.6) is 0 Å². The number of nitrogens with zero attached hydrogens (tertiary/aromatic N) is 2. The molecule has 174 valence electrons. The van der Waals surface area contributed by atoms with Crippen molar-refractivity contribution in [3.8, 4) is 0 Å². The number of aliphatic imine (C=N–C) groups is 1. The summed E-state index contributed by atoms with van der Waals surface area (Å²) in [5.74, 6) is 0.741. The second kappa shape index (κ2) is 12.1. The van der Waals surface area contributed by atoms with Crippen LogP contribution in [0, 0.1) is 5.41 Å². The predicted octanol–water partition coefficient (Wildman–Crippen LogP) is 2.63. The van der Waals surface area contributed by atoms with Crippen LogP contribution in [-0.2, 0) is 11.3 Å². The van der Waals surface area contributed by atoms with E-state index in [1.54, 1.807) is 7.05 Å². The number of ether oxygens (including phenoxy) is 1. The molecular formula is C24H41N5O2. The fraction of sp³-hybridized carbons (Fsp3) is 0.667. The Kier molecular flexibility index (Phi) is 9.78. The van der Waals surface area contributed by atoms with Gasteiger partial charge < -0.3 is 25.6 Å². The van der Waals surface area contributed by atoms with Gasteiger partial charge in [-0.05, 0) is 58.0 Å². The average molecular weight is 432 g/mol. The topological polar surface area (TPSA) is 78.0 Å². The minimum Gasteiger partial charge on any atom is -0.378 e. The van der Waals surface area contributed by atoms with E-state index >= 15 is 0 Å². The number of carbonyl (C=O) groups excluding carboxylic acids is 1. The van der Waals surface area contributed by atoms with Crippen LogP contribution >= 0.6 is 0 Å². The van der Waals surface area contributed by atoms with Crippen LogP contribution in [0.4, 0.5) is 0 Å². The summed E-state index contributed by atoms with van der Waals surface area (Å²) in [6.45, 7) is 9.36. The lowest BCUT2D eigenvalue weighted by atomic mass is 9.58. The molecule has 0 spiro atoms. The first-order valence-corrected chi connectivity index (χ1v) is 11.5. The predicted molar refractivity (Wildman–Crippen MR) is 127 cm³/mol. The van der Waals surface area contributed by atoms with Gasteiger partial charge in [0.1, 0.15) is 0 Å². The molecule has 1 aliphatic carbocycles. The number of rotatable bonds is 11. The molecule has 0 aliphatic heterocycles. The first kappa shape index (κ1) is 25.1. The third kappa shape index (κ3) is 6.43. The molecule has 1 aliphatic rings. The van der Waals surface area contributed by atoms with E-state index in [1.807, 2.05) is 43.3 Å². The molecule has 0 bridgehead atoms. The molecule has 7 nitrogen and oxygen atoms in total. The van der Waals surface area contributed by atoms with Gasteiger partial charge in [-0.25, -0.2) is 0 Å². The number of hydrogen-bond donors (Lipinski definition) is 3. The summed E-state index contributed by atoms with van der Waals surface area (Å²) < 4.78 is 5.99. The van der Waals surface area contributed by atoms with Crippen LogP contribution in [0.25, 0.3) is 0 Å². The summed E-state index contributed by atoms with van der Waals surface area (Å²) in [5, 5.41) is 9.97. The smallest absolute Gasteiger partial charge is 0.251 e. The first-order chi connectivity index (χ1) is 14.9. The summed E-state index contributed by atoms with van der Waals surface area (Å²) in [6.07, 6.45) is 3.46. The Bertz CT molecular complexity index is 730. The molecule has 2 atom stereocenters. The molecule has 31 heavy (non-hydrogen) atoms. The largest absolute Gasteiger partial charge is 0.378 e. The molecule has 7 heteroatoms. The van der Waals surface area contributed by atoms with Crippen molar-refractivity contribution in [2.24, 2.45) is 10.4 Å². The van der Waals surface area contributed by atoms with Crippen molar-refractivity contribution in [1.82, 2.24) is 20.9 Å². The molecule has 0 aromatic heterocycles. The molecule has 0 radical (unpaired) electrons. The highest BCUT2D eigenvalue weighted by Gasteiger charge is 2.53. The van der Waals surface area contributed by atoms with Gasteiger partial charge in [0.05, 0.1) is 6.10 Å². The molecule has 1 aromatic carbocycles. The van der Waals surface area contributed by atoms with Crippen molar-refractivity contribution in [3.05, 3.63) is 35.4 Å².